The number of benzene rings is 2. The average Bonchev–Trinajstić information content (AvgIpc) is 3.03. The molecule has 2 aromatic carbocycles. The number of nitro groups is 1. The highest BCUT2D eigenvalue weighted by Crippen LogP contribution is 2.23. The number of unbranched alkanes of at least 4 members (excludes halogenated alkanes) is 16. The minimum Gasteiger partial charge on any atom is -0.427 e. The number of non-ortho nitro benzene ring substituents is 1. The molecule has 0 unspecified atom stereocenters. The van der Waals surface area contributed by atoms with E-state index in [1.807, 2.05) is 0 Å². The predicted octanol–water partition coefficient (Wildman–Crippen LogP) is 11.4. The van der Waals surface area contributed by atoms with Gasteiger partial charge in [-0.05, 0) is 67.5 Å². The predicted molar refractivity (Wildman–Crippen MR) is 178 cm³/mol. The fraction of sp³-hybridized carbons (Fsp3) is 0.541. The van der Waals surface area contributed by atoms with Crippen LogP contribution >= 0.6 is 0 Å². The first-order chi connectivity index (χ1) is 21.6. The fourth-order valence-electron chi connectivity index (χ4n) is 4.62. The summed E-state index contributed by atoms with van der Waals surface area (Å²) in [5.41, 5.74) is 1.10. The summed E-state index contributed by atoms with van der Waals surface area (Å²) in [5.74, 6) is 12.6. The zero-order chi connectivity index (χ0) is 31.5. The van der Waals surface area contributed by atoms with Gasteiger partial charge >= 0.3 is 5.97 Å². The Hall–Kier alpha value is -3.97. The van der Waals surface area contributed by atoms with Crippen LogP contribution in [-0.2, 0) is 4.79 Å². The monoisotopic (exact) mass is 599 g/mol. The molecule has 0 aromatic heterocycles. The van der Waals surface area contributed by atoms with Crippen molar-refractivity contribution in [2.45, 2.75) is 129 Å². The molecule has 7 heteroatoms. The van der Waals surface area contributed by atoms with Gasteiger partial charge in [-0.3, -0.25) is 14.9 Å². The molecule has 0 aliphatic carbocycles. The summed E-state index contributed by atoms with van der Waals surface area (Å²) >= 11 is 0. The van der Waals surface area contributed by atoms with Gasteiger partial charge in [-0.2, -0.15) is 10.2 Å². The highest BCUT2D eigenvalue weighted by atomic mass is 16.6. The number of esters is 1. The first-order valence-electron chi connectivity index (χ1n) is 16.5. The van der Waals surface area contributed by atoms with Crippen LogP contribution < -0.4 is 4.74 Å². The molecule has 0 bridgehead atoms. The molecular formula is C37H49N3O4. The Morgan fingerprint density at radius 3 is 1.57 bits per heavy atom. The highest BCUT2D eigenvalue weighted by molar-refractivity contribution is 5.72. The minimum atomic E-state index is -0.461. The van der Waals surface area contributed by atoms with Gasteiger partial charge in [0.1, 0.15) is 5.75 Å². The van der Waals surface area contributed by atoms with Gasteiger partial charge in [0.05, 0.1) is 16.3 Å². The summed E-state index contributed by atoms with van der Waals surface area (Å²) < 4.78 is 5.41. The summed E-state index contributed by atoms with van der Waals surface area (Å²) in [6.07, 6.45) is 22.1. The third-order valence-corrected chi connectivity index (χ3v) is 7.24. The van der Waals surface area contributed by atoms with Crippen molar-refractivity contribution in [1.82, 2.24) is 0 Å². The van der Waals surface area contributed by atoms with Crippen molar-refractivity contribution in [1.29, 1.82) is 0 Å². The standard InChI is InChI=1S/C37H49N3O4/c1-2-3-4-5-6-7-8-9-10-11-12-13-14-15-16-17-18-19-20-21-22-23-24-37(41)44-36-31-27-34(28-32-36)39-38-33-25-29-35(30-26-33)40(42)43/h25-32H,2-12,17-24H2,1H3. The van der Waals surface area contributed by atoms with Crippen molar-refractivity contribution in [2.75, 3.05) is 0 Å². The molecule has 0 fully saturated rings. The molecule has 0 amide bonds. The largest absolute Gasteiger partial charge is 0.427 e. The second-order valence-corrected chi connectivity index (χ2v) is 11.1. The minimum absolute atomic E-state index is 0.00209. The topological polar surface area (TPSA) is 94.2 Å². The molecule has 0 saturated heterocycles. The van der Waals surface area contributed by atoms with Crippen LogP contribution in [-0.4, -0.2) is 10.9 Å². The first kappa shape index (κ1) is 36.2. The molecular weight excluding hydrogens is 550 g/mol. The maximum absolute atomic E-state index is 12.2. The van der Waals surface area contributed by atoms with E-state index in [9.17, 15) is 14.9 Å². The SMILES string of the molecule is CCCCCCCCCCCCC#CC#CCCCCCCCCC(=O)Oc1ccc(N=Nc2ccc([N+](=O)[O-])cc2)cc1. The Kier molecular flexibility index (Phi) is 20.1. The number of nitro benzene ring substituents is 1. The smallest absolute Gasteiger partial charge is 0.311 e. The average molecular weight is 600 g/mol. The molecule has 44 heavy (non-hydrogen) atoms. The van der Waals surface area contributed by atoms with E-state index in [4.69, 9.17) is 4.74 Å². The maximum atomic E-state index is 12.2. The molecule has 236 valence electrons. The number of hydrogen-bond acceptors (Lipinski definition) is 6. The van der Waals surface area contributed by atoms with Crippen LogP contribution in [0.3, 0.4) is 0 Å². The van der Waals surface area contributed by atoms with Gasteiger partial charge in [-0.1, -0.05) is 102 Å². The lowest BCUT2D eigenvalue weighted by Gasteiger charge is -2.04. The molecule has 0 aliphatic rings. The number of nitrogens with zero attached hydrogens (tertiary/aromatic N) is 3. The van der Waals surface area contributed by atoms with Crippen molar-refractivity contribution in [2.24, 2.45) is 10.2 Å². The highest BCUT2D eigenvalue weighted by Gasteiger charge is 2.06. The van der Waals surface area contributed by atoms with E-state index in [1.54, 1.807) is 24.3 Å². The van der Waals surface area contributed by atoms with E-state index in [2.05, 4.69) is 40.8 Å². The zero-order valence-corrected chi connectivity index (χ0v) is 26.5. The van der Waals surface area contributed by atoms with Crippen LogP contribution in [0.25, 0.3) is 0 Å². The van der Waals surface area contributed by atoms with Gasteiger partial charge in [-0.25, -0.2) is 0 Å². The number of azo groups is 1. The van der Waals surface area contributed by atoms with E-state index in [0.717, 1.165) is 51.4 Å². The quantitative estimate of drug-likeness (QED) is 0.0256. The van der Waals surface area contributed by atoms with Crippen molar-refractivity contribution in [3.63, 3.8) is 0 Å². The summed E-state index contributed by atoms with van der Waals surface area (Å²) in [6.45, 7) is 2.27. The van der Waals surface area contributed by atoms with Crippen LogP contribution in [0.15, 0.2) is 58.8 Å². The lowest BCUT2D eigenvalue weighted by Crippen LogP contribution is -2.07. The van der Waals surface area contributed by atoms with Crippen LogP contribution in [0.4, 0.5) is 17.1 Å². The number of carbonyl (C=O) groups excluding carboxylic acids is 1. The second kappa shape index (κ2) is 24.5. The Morgan fingerprint density at radius 1 is 0.659 bits per heavy atom. The van der Waals surface area contributed by atoms with Crippen molar-refractivity contribution in [3.8, 4) is 29.4 Å². The second-order valence-electron chi connectivity index (χ2n) is 11.1. The van der Waals surface area contributed by atoms with Gasteiger partial charge in [0.15, 0.2) is 0 Å². The van der Waals surface area contributed by atoms with Gasteiger partial charge < -0.3 is 4.74 Å². The molecule has 0 radical (unpaired) electrons. The molecule has 0 heterocycles. The van der Waals surface area contributed by atoms with Gasteiger partial charge in [0.2, 0.25) is 0 Å². The van der Waals surface area contributed by atoms with E-state index >= 15 is 0 Å². The van der Waals surface area contributed by atoms with Crippen molar-refractivity contribution in [3.05, 3.63) is 58.6 Å². The first-order valence-corrected chi connectivity index (χ1v) is 16.5. The molecule has 7 nitrogen and oxygen atoms in total. The molecule has 2 rings (SSSR count). The van der Waals surface area contributed by atoms with Crippen LogP contribution in [0.1, 0.15) is 129 Å². The van der Waals surface area contributed by atoms with Gasteiger partial charge in [-0.15, -0.1) is 0 Å². The number of hydrogen-bond donors (Lipinski definition) is 0. The molecule has 0 spiro atoms. The van der Waals surface area contributed by atoms with E-state index in [-0.39, 0.29) is 11.7 Å². The summed E-state index contributed by atoms with van der Waals surface area (Å²) in [7, 11) is 0. The van der Waals surface area contributed by atoms with Crippen molar-refractivity contribution >= 4 is 23.0 Å². The third kappa shape index (κ3) is 18.5. The Labute approximate surface area is 264 Å². The van der Waals surface area contributed by atoms with Gasteiger partial charge in [0.25, 0.3) is 5.69 Å². The Balaban J connectivity index is 1.42. The van der Waals surface area contributed by atoms with Crippen LogP contribution in [0, 0.1) is 33.8 Å². The van der Waals surface area contributed by atoms with Gasteiger partial charge in [0, 0.05) is 31.4 Å². The third-order valence-electron chi connectivity index (χ3n) is 7.24. The molecule has 0 N–H and O–H groups in total. The number of ether oxygens (including phenoxy) is 1. The summed E-state index contributed by atoms with van der Waals surface area (Å²) in [6, 6.07) is 12.6. The normalized spacial score (nSPS) is 10.6. The lowest BCUT2D eigenvalue weighted by atomic mass is 10.1. The Morgan fingerprint density at radius 2 is 1.09 bits per heavy atom. The summed E-state index contributed by atoms with van der Waals surface area (Å²) in [5, 5.41) is 18.9. The van der Waals surface area contributed by atoms with E-state index < -0.39 is 4.92 Å². The summed E-state index contributed by atoms with van der Waals surface area (Å²) in [4.78, 5) is 22.4. The van der Waals surface area contributed by atoms with Crippen molar-refractivity contribution < 1.29 is 14.5 Å². The fourth-order valence-corrected chi connectivity index (χ4v) is 4.62. The van der Waals surface area contributed by atoms with E-state index in [1.165, 1.54) is 88.5 Å². The lowest BCUT2D eigenvalue weighted by molar-refractivity contribution is -0.384. The molecule has 0 atom stereocenters. The number of carbonyl (C=O) groups is 1. The van der Waals surface area contributed by atoms with Crippen LogP contribution in [0.5, 0.6) is 5.75 Å². The Bertz CT molecular complexity index is 1230. The molecule has 0 saturated carbocycles. The van der Waals surface area contributed by atoms with E-state index in [0.29, 0.717) is 23.5 Å². The number of rotatable bonds is 22. The molecule has 2 aromatic rings. The van der Waals surface area contributed by atoms with Crippen LogP contribution in [0.2, 0.25) is 0 Å². The maximum Gasteiger partial charge on any atom is 0.311 e. The zero-order valence-electron chi connectivity index (χ0n) is 26.5. The molecule has 0 aliphatic heterocycles.